The van der Waals surface area contributed by atoms with Crippen LogP contribution < -0.4 is 10.6 Å². The molecule has 1 unspecified atom stereocenters. The molecule has 0 fully saturated rings. The van der Waals surface area contributed by atoms with Crippen LogP contribution in [-0.2, 0) is 6.42 Å². The number of benzene rings is 2. The summed E-state index contributed by atoms with van der Waals surface area (Å²) >= 11 is 0. The second kappa shape index (κ2) is 7.50. The van der Waals surface area contributed by atoms with Gasteiger partial charge in [-0.1, -0.05) is 75.4 Å². The van der Waals surface area contributed by atoms with Gasteiger partial charge in [0.2, 0.25) is 0 Å². The SMILES string of the molecule is CC(C)(C)CC(NC(=O)N[C@@H]1c2ccccc2C[C@@H]1O)c1ccccc1. The highest BCUT2D eigenvalue weighted by atomic mass is 16.3. The largest absolute Gasteiger partial charge is 0.390 e. The van der Waals surface area contributed by atoms with Crippen LogP contribution in [0.25, 0.3) is 0 Å². The molecule has 3 N–H and O–H groups in total. The third-order valence-corrected chi connectivity index (χ3v) is 4.81. The van der Waals surface area contributed by atoms with E-state index in [-0.39, 0.29) is 23.5 Å². The molecule has 138 valence electrons. The van der Waals surface area contributed by atoms with Gasteiger partial charge >= 0.3 is 6.03 Å². The number of carbonyl (C=O) groups excluding carboxylic acids is 1. The number of rotatable bonds is 4. The minimum Gasteiger partial charge on any atom is -0.390 e. The Morgan fingerprint density at radius 3 is 2.46 bits per heavy atom. The summed E-state index contributed by atoms with van der Waals surface area (Å²) in [5.41, 5.74) is 3.26. The van der Waals surface area contributed by atoms with E-state index in [4.69, 9.17) is 0 Å². The van der Waals surface area contributed by atoms with Crippen molar-refractivity contribution in [2.24, 2.45) is 5.41 Å². The quantitative estimate of drug-likeness (QED) is 0.775. The molecule has 1 aliphatic rings. The summed E-state index contributed by atoms with van der Waals surface area (Å²) in [6.45, 7) is 6.50. The third-order valence-electron chi connectivity index (χ3n) is 4.81. The van der Waals surface area contributed by atoms with Gasteiger partial charge in [-0.15, -0.1) is 0 Å². The van der Waals surface area contributed by atoms with E-state index in [1.54, 1.807) is 0 Å². The summed E-state index contributed by atoms with van der Waals surface area (Å²) in [5, 5.41) is 16.4. The summed E-state index contributed by atoms with van der Waals surface area (Å²) in [6.07, 6.45) is 0.815. The maximum absolute atomic E-state index is 12.7. The molecular formula is C22H28N2O2. The topological polar surface area (TPSA) is 61.4 Å². The highest BCUT2D eigenvalue weighted by Crippen LogP contribution is 2.32. The number of urea groups is 1. The van der Waals surface area contributed by atoms with Crippen LogP contribution in [0.5, 0.6) is 0 Å². The van der Waals surface area contributed by atoms with Crippen molar-refractivity contribution in [3.63, 3.8) is 0 Å². The average Bonchev–Trinajstić information content (AvgIpc) is 2.90. The van der Waals surface area contributed by atoms with Gasteiger partial charge in [0.15, 0.2) is 0 Å². The van der Waals surface area contributed by atoms with Gasteiger partial charge in [-0.05, 0) is 28.5 Å². The van der Waals surface area contributed by atoms with Crippen LogP contribution in [0.1, 0.15) is 56.0 Å². The lowest BCUT2D eigenvalue weighted by Crippen LogP contribution is -2.43. The molecule has 2 amide bonds. The van der Waals surface area contributed by atoms with Crippen LogP contribution in [0.4, 0.5) is 4.79 Å². The van der Waals surface area contributed by atoms with E-state index in [2.05, 4.69) is 31.4 Å². The first kappa shape index (κ1) is 18.5. The van der Waals surface area contributed by atoms with Crippen molar-refractivity contribution in [3.05, 3.63) is 71.3 Å². The highest BCUT2D eigenvalue weighted by molar-refractivity contribution is 5.75. The van der Waals surface area contributed by atoms with Crippen LogP contribution in [0, 0.1) is 5.41 Å². The number of amides is 2. The number of nitrogens with one attached hydrogen (secondary N) is 2. The molecule has 0 radical (unpaired) electrons. The Balaban J connectivity index is 1.72. The van der Waals surface area contributed by atoms with Gasteiger partial charge in [-0.2, -0.15) is 0 Å². The predicted octanol–water partition coefficient (Wildman–Crippen LogP) is 4.12. The summed E-state index contributed by atoms with van der Waals surface area (Å²) < 4.78 is 0. The molecule has 3 rings (SSSR count). The zero-order valence-corrected chi connectivity index (χ0v) is 15.7. The zero-order valence-electron chi connectivity index (χ0n) is 15.7. The second-order valence-corrected chi connectivity index (χ2v) is 8.29. The fraction of sp³-hybridized carbons (Fsp3) is 0.409. The minimum absolute atomic E-state index is 0.0766. The molecule has 3 atom stereocenters. The van der Waals surface area contributed by atoms with Crippen molar-refractivity contribution in [2.75, 3.05) is 0 Å². The lowest BCUT2D eigenvalue weighted by atomic mass is 9.85. The Bertz CT molecular complexity index is 752. The van der Waals surface area contributed by atoms with Gasteiger partial charge in [-0.3, -0.25) is 0 Å². The van der Waals surface area contributed by atoms with Gasteiger partial charge in [0, 0.05) is 6.42 Å². The molecule has 0 spiro atoms. The van der Waals surface area contributed by atoms with E-state index in [1.165, 1.54) is 0 Å². The molecule has 26 heavy (non-hydrogen) atoms. The Morgan fingerprint density at radius 2 is 1.77 bits per heavy atom. The summed E-state index contributed by atoms with van der Waals surface area (Å²) in [5.74, 6) is 0. The minimum atomic E-state index is -0.587. The van der Waals surface area contributed by atoms with E-state index in [0.29, 0.717) is 6.42 Å². The number of hydrogen-bond donors (Lipinski definition) is 3. The van der Waals surface area contributed by atoms with Crippen molar-refractivity contribution in [1.82, 2.24) is 10.6 Å². The molecular weight excluding hydrogens is 324 g/mol. The van der Waals surface area contributed by atoms with E-state index in [9.17, 15) is 9.90 Å². The monoisotopic (exact) mass is 352 g/mol. The maximum Gasteiger partial charge on any atom is 0.315 e. The number of fused-ring (bicyclic) bond motifs is 1. The van der Waals surface area contributed by atoms with Crippen LogP contribution in [0.2, 0.25) is 0 Å². The average molecular weight is 352 g/mol. The van der Waals surface area contributed by atoms with Crippen LogP contribution in [0.3, 0.4) is 0 Å². The number of hydrogen-bond acceptors (Lipinski definition) is 2. The molecule has 1 aliphatic carbocycles. The Labute approximate surface area is 155 Å². The van der Waals surface area contributed by atoms with Crippen molar-refractivity contribution in [2.45, 2.75) is 51.8 Å². The first-order valence-corrected chi connectivity index (χ1v) is 9.21. The molecule has 0 heterocycles. The fourth-order valence-corrected chi connectivity index (χ4v) is 3.64. The first-order chi connectivity index (χ1) is 12.3. The highest BCUT2D eigenvalue weighted by Gasteiger charge is 2.32. The first-order valence-electron chi connectivity index (χ1n) is 9.21. The van der Waals surface area contributed by atoms with Crippen LogP contribution in [0.15, 0.2) is 54.6 Å². The zero-order chi connectivity index (χ0) is 18.7. The van der Waals surface area contributed by atoms with Gasteiger partial charge < -0.3 is 15.7 Å². The van der Waals surface area contributed by atoms with Crippen molar-refractivity contribution < 1.29 is 9.90 Å². The lowest BCUT2D eigenvalue weighted by molar-refractivity contribution is 0.141. The van der Waals surface area contributed by atoms with E-state index >= 15 is 0 Å². The lowest BCUT2D eigenvalue weighted by Gasteiger charge is -2.28. The summed E-state index contributed by atoms with van der Waals surface area (Å²) in [4.78, 5) is 12.7. The van der Waals surface area contributed by atoms with Gasteiger partial charge in [0.25, 0.3) is 0 Å². The third kappa shape index (κ3) is 4.44. The van der Waals surface area contributed by atoms with Crippen molar-refractivity contribution in [1.29, 1.82) is 0 Å². The molecule has 4 nitrogen and oxygen atoms in total. The van der Waals surface area contributed by atoms with Crippen molar-refractivity contribution >= 4 is 6.03 Å². The van der Waals surface area contributed by atoms with Gasteiger partial charge in [0.1, 0.15) is 0 Å². The normalized spacial score (nSPS) is 20.3. The standard InChI is InChI=1S/C22H28N2O2/c1-22(2,3)14-18(15-9-5-4-6-10-15)23-21(26)24-20-17-12-8-7-11-16(17)13-19(20)25/h4-12,18-20,25H,13-14H2,1-3H3,(H2,23,24,26)/t18?,19-,20+/m0/s1. The molecule has 0 saturated carbocycles. The Kier molecular flexibility index (Phi) is 5.33. The van der Waals surface area contributed by atoms with E-state index < -0.39 is 6.10 Å². The molecule has 4 heteroatoms. The summed E-state index contributed by atoms with van der Waals surface area (Å²) in [7, 11) is 0. The van der Waals surface area contributed by atoms with Crippen molar-refractivity contribution in [3.8, 4) is 0 Å². The molecule has 0 aromatic heterocycles. The van der Waals surface area contributed by atoms with Crippen LogP contribution >= 0.6 is 0 Å². The molecule has 2 aromatic rings. The van der Waals surface area contributed by atoms with Crippen LogP contribution in [-0.4, -0.2) is 17.2 Å². The smallest absolute Gasteiger partial charge is 0.315 e. The van der Waals surface area contributed by atoms with E-state index in [1.807, 2.05) is 54.6 Å². The number of aliphatic hydroxyl groups excluding tert-OH is 1. The second-order valence-electron chi connectivity index (χ2n) is 8.29. The molecule has 2 aromatic carbocycles. The predicted molar refractivity (Wildman–Crippen MR) is 104 cm³/mol. The molecule has 0 saturated heterocycles. The maximum atomic E-state index is 12.7. The fourth-order valence-electron chi connectivity index (χ4n) is 3.64. The number of aliphatic hydroxyl groups is 1. The molecule has 0 aliphatic heterocycles. The molecule has 0 bridgehead atoms. The van der Waals surface area contributed by atoms with Gasteiger partial charge in [-0.25, -0.2) is 4.79 Å². The summed E-state index contributed by atoms with van der Waals surface area (Å²) in [6, 6.07) is 17.2. The Morgan fingerprint density at radius 1 is 1.12 bits per heavy atom. The number of carbonyl (C=O) groups is 1. The van der Waals surface area contributed by atoms with Gasteiger partial charge in [0.05, 0.1) is 18.2 Å². The Hall–Kier alpha value is -2.33. The van der Waals surface area contributed by atoms with E-state index in [0.717, 1.165) is 23.1 Å².